The zero-order valence-electron chi connectivity index (χ0n) is 11.9. The van der Waals surface area contributed by atoms with E-state index >= 15 is 0 Å². The average Bonchev–Trinajstić information content (AvgIpc) is 2.84. The summed E-state index contributed by atoms with van der Waals surface area (Å²) in [5.41, 5.74) is 1.31. The van der Waals surface area contributed by atoms with Gasteiger partial charge in [-0.1, -0.05) is 19.1 Å². The van der Waals surface area contributed by atoms with E-state index in [2.05, 4.69) is 58.5 Å². The lowest BCUT2D eigenvalue weighted by molar-refractivity contribution is 0.413. The summed E-state index contributed by atoms with van der Waals surface area (Å²) in [4.78, 5) is 1.41. The van der Waals surface area contributed by atoms with Gasteiger partial charge in [0.05, 0.1) is 10.9 Å². The fourth-order valence-electron chi connectivity index (χ4n) is 2.29. The first-order valence-electron chi connectivity index (χ1n) is 6.81. The van der Waals surface area contributed by atoms with Crippen molar-refractivity contribution in [3.63, 3.8) is 0 Å². The summed E-state index contributed by atoms with van der Waals surface area (Å²) in [7, 11) is 1.71. The topological polar surface area (TPSA) is 21.3 Å². The molecule has 1 heterocycles. The molecule has 4 heteroatoms. The van der Waals surface area contributed by atoms with E-state index in [9.17, 15) is 0 Å². The maximum Gasteiger partial charge on any atom is 0.119 e. The fourth-order valence-corrected chi connectivity index (χ4v) is 3.86. The van der Waals surface area contributed by atoms with Crippen LogP contribution in [0.5, 0.6) is 5.75 Å². The molecule has 0 radical (unpaired) electrons. The second-order valence-corrected chi connectivity index (χ2v) is 7.27. The van der Waals surface area contributed by atoms with Crippen LogP contribution in [0.4, 0.5) is 0 Å². The number of thiophene rings is 1. The second kappa shape index (κ2) is 7.81. The van der Waals surface area contributed by atoms with Gasteiger partial charge in [0.2, 0.25) is 0 Å². The smallest absolute Gasteiger partial charge is 0.119 e. The van der Waals surface area contributed by atoms with Crippen molar-refractivity contribution in [3.8, 4) is 5.75 Å². The van der Waals surface area contributed by atoms with Gasteiger partial charge in [-0.05, 0) is 65.1 Å². The highest BCUT2D eigenvalue weighted by atomic mass is 79.9. The molecule has 0 aliphatic carbocycles. The molecule has 0 bridgehead atoms. The third kappa shape index (κ3) is 4.62. The molecule has 2 aromatic rings. The van der Waals surface area contributed by atoms with E-state index in [1.54, 1.807) is 7.11 Å². The highest BCUT2D eigenvalue weighted by Gasteiger charge is 2.11. The summed E-state index contributed by atoms with van der Waals surface area (Å²) in [6.07, 6.45) is 2.07. The van der Waals surface area contributed by atoms with Crippen molar-refractivity contribution in [2.75, 3.05) is 13.7 Å². The van der Waals surface area contributed by atoms with Crippen molar-refractivity contribution in [3.05, 3.63) is 50.6 Å². The van der Waals surface area contributed by atoms with E-state index in [0.29, 0.717) is 6.04 Å². The van der Waals surface area contributed by atoms with E-state index in [1.807, 2.05) is 17.4 Å². The van der Waals surface area contributed by atoms with Gasteiger partial charge in [-0.15, -0.1) is 11.3 Å². The molecule has 1 N–H and O–H groups in total. The van der Waals surface area contributed by atoms with Crippen molar-refractivity contribution >= 4 is 27.3 Å². The molecule has 20 heavy (non-hydrogen) atoms. The number of hydrogen-bond acceptors (Lipinski definition) is 3. The Hall–Kier alpha value is -0.840. The van der Waals surface area contributed by atoms with Crippen LogP contribution in [0.3, 0.4) is 0 Å². The van der Waals surface area contributed by atoms with Gasteiger partial charge < -0.3 is 10.1 Å². The minimum Gasteiger partial charge on any atom is -0.497 e. The van der Waals surface area contributed by atoms with Gasteiger partial charge in [-0.2, -0.15) is 0 Å². The molecule has 1 atom stereocenters. The molecule has 0 aliphatic rings. The Labute approximate surface area is 133 Å². The summed E-state index contributed by atoms with van der Waals surface area (Å²) in [5.74, 6) is 0.927. The molecule has 0 amide bonds. The van der Waals surface area contributed by atoms with E-state index in [-0.39, 0.29) is 0 Å². The monoisotopic (exact) mass is 353 g/mol. The Balaban J connectivity index is 2.04. The summed E-state index contributed by atoms with van der Waals surface area (Å²) in [6, 6.07) is 13.1. The van der Waals surface area contributed by atoms with E-state index < -0.39 is 0 Å². The maximum absolute atomic E-state index is 5.29. The molecular weight excluding hydrogens is 334 g/mol. The molecule has 0 saturated carbocycles. The molecule has 1 unspecified atom stereocenters. The molecule has 2 rings (SSSR count). The largest absolute Gasteiger partial charge is 0.497 e. The molecule has 0 saturated heterocycles. The standard InChI is InChI=1S/C16H20BrNOS/c1-3-18-13(11-15-7-8-16(17)20-15)9-12-5-4-6-14(10-12)19-2/h4-8,10,13,18H,3,9,11H2,1-2H3. The first kappa shape index (κ1) is 15.5. The zero-order chi connectivity index (χ0) is 14.4. The highest BCUT2D eigenvalue weighted by Crippen LogP contribution is 2.24. The van der Waals surface area contributed by atoms with Crippen molar-refractivity contribution in [1.29, 1.82) is 0 Å². The molecule has 108 valence electrons. The van der Waals surface area contributed by atoms with Crippen LogP contribution in [0.1, 0.15) is 17.4 Å². The number of rotatable bonds is 7. The van der Waals surface area contributed by atoms with Gasteiger partial charge in [0, 0.05) is 10.9 Å². The molecule has 1 aromatic heterocycles. The van der Waals surface area contributed by atoms with Crippen molar-refractivity contribution < 1.29 is 4.74 Å². The maximum atomic E-state index is 5.29. The Kier molecular flexibility index (Phi) is 6.07. The van der Waals surface area contributed by atoms with Crippen molar-refractivity contribution in [2.45, 2.75) is 25.8 Å². The van der Waals surface area contributed by atoms with Crippen LogP contribution in [-0.2, 0) is 12.8 Å². The Bertz CT molecular complexity index is 541. The van der Waals surface area contributed by atoms with E-state index in [4.69, 9.17) is 4.74 Å². The Morgan fingerprint density at radius 1 is 1.25 bits per heavy atom. The molecule has 0 fully saturated rings. The predicted octanol–water partition coefficient (Wildman–Crippen LogP) is 4.28. The molecular formula is C16H20BrNOS. The van der Waals surface area contributed by atoms with Crippen LogP contribution in [0.25, 0.3) is 0 Å². The van der Waals surface area contributed by atoms with Crippen LogP contribution in [0.15, 0.2) is 40.2 Å². The van der Waals surface area contributed by atoms with E-state index in [0.717, 1.165) is 25.1 Å². The quantitative estimate of drug-likeness (QED) is 0.801. The van der Waals surface area contributed by atoms with Gasteiger partial charge in [0.1, 0.15) is 5.75 Å². The molecule has 2 nitrogen and oxygen atoms in total. The van der Waals surface area contributed by atoms with Crippen molar-refractivity contribution in [2.24, 2.45) is 0 Å². The van der Waals surface area contributed by atoms with Gasteiger partial charge in [-0.3, -0.25) is 0 Å². The third-order valence-electron chi connectivity index (χ3n) is 3.19. The lowest BCUT2D eigenvalue weighted by Crippen LogP contribution is -2.32. The van der Waals surface area contributed by atoms with Crippen LogP contribution >= 0.6 is 27.3 Å². The first-order valence-corrected chi connectivity index (χ1v) is 8.42. The highest BCUT2D eigenvalue weighted by molar-refractivity contribution is 9.11. The number of likely N-dealkylation sites (N-methyl/N-ethyl adjacent to an activating group) is 1. The van der Waals surface area contributed by atoms with Crippen LogP contribution in [-0.4, -0.2) is 19.7 Å². The first-order chi connectivity index (χ1) is 9.71. The lowest BCUT2D eigenvalue weighted by atomic mass is 10.0. The van der Waals surface area contributed by atoms with Crippen LogP contribution in [0, 0.1) is 0 Å². The van der Waals surface area contributed by atoms with Gasteiger partial charge >= 0.3 is 0 Å². The van der Waals surface area contributed by atoms with Gasteiger partial charge in [-0.25, -0.2) is 0 Å². The zero-order valence-corrected chi connectivity index (χ0v) is 14.3. The van der Waals surface area contributed by atoms with Crippen LogP contribution < -0.4 is 10.1 Å². The summed E-state index contributed by atoms with van der Waals surface area (Å²) < 4.78 is 6.49. The minimum atomic E-state index is 0.456. The predicted molar refractivity (Wildman–Crippen MR) is 89.9 cm³/mol. The number of nitrogens with one attached hydrogen (secondary N) is 1. The number of ether oxygens (including phenoxy) is 1. The summed E-state index contributed by atoms with van der Waals surface area (Å²) >= 11 is 5.34. The number of methoxy groups -OCH3 is 1. The minimum absolute atomic E-state index is 0.456. The molecule has 0 spiro atoms. The molecule has 1 aromatic carbocycles. The number of benzene rings is 1. The third-order valence-corrected chi connectivity index (χ3v) is 4.83. The van der Waals surface area contributed by atoms with Crippen molar-refractivity contribution in [1.82, 2.24) is 5.32 Å². The number of hydrogen-bond donors (Lipinski definition) is 1. The number of halogens is 1. The summed E-state index contributed by atoms with van der Waals surface area (Å²) in [5, 5.41) is 3.58. The lowest BCUT2D eigenvalue weighted by Gasteiger charge is -2.17. The Morgan fingerprint density at radius 2 is 2.10 bits per heavy atom. The van der Waals surface area contributed by atoms with E-state index in [1.165, 1.54) is 14.2 Å². The SMILES string of the molecule is CCNC(Cc1cccc(OC)c1)Cc1ccc(Br)s1. The second-order valence-electron chi connectivity index (χ2n) is 4.72. The van der Waals surface area contributed by atoms with Gasteiger partial charge in [0.15, 0.2) is 0 Å². The normalized spacial score (nSPS) is 12.3. The Morgan fingerprint density at radius 3 is 2.75 bits per heavy atom. The average molecular weight is 354 g/mol. The van der Waals surface area contributed by atoms with Gasteiger partial charge in [0.25, 0.3) is 0 Å². The molecule has 0 aliphatic heterocycles. The van der Waals surface area contributed by atoms with Crippen LogP contribution in [0.2, 0.25) is 0 Å². The summed E-state index contributed by atoms with van der Waals surface area (Å²) in [6.45, 7) is 3.14. The fraction of sp³-hybridized carbons (Fsp3) is 0.375.